The van der Waals surface area contributed by atoms with Crippen molar-refractivity contribution in [3.8, 4) is 0 Å². The van der Waals surface area contributed by atoms with Crippen LogP contribution in [-0.4, -0.2) is 11.7 Å². The molecule has 0 bridgehead atoms. The summed E-state index contributed by atoms with van der Waals surface area (Å²) in [6, 6.07) is 7.71. The van der Waals surface area contributed by atoms with Crippen molar-refractivity contribution in [2.75, 3.05) is 0 Å². The van der Waals surface area contributed by atoms with E-state index in [-0.39, 0.29) is 0 Å². The van der Waals surface area contributed by atoms with E-state index in [1.165, 1.54) is 5.56 Å². The Morgan fingerprint density at radius 2 is 1.31 bits per heavy atom. The summed E-state index contributed by atoms with van der Waals surface area (Å²) >= 11 is 30.3. The summed E-state index contributed by atoms with van der Waals surface area (Å²) < 4.78 is 0. The second-order valence-electron chi connectivity index (χ2n) is 3.85. The van der Waals surface area contributed by atoms with Crippen LogP contribution >= 0.6 is 55.4 Å². The molecule has 7 heteroatoms. The van der Waals surface area contributed by atoms with Crippen LogP contribution in [0.4, 0.5) is 0 Å². The molecule has 0 aliphatic carbocycles. The van der Waals surface area contributed by atoms with Crippen molar-refractivity contribution in [2.24, 2.45) is 0 Å². The van der Waals surface area contributed by atoms with Gasteiger partial charge in [0.05, 0.1) is 0 Å². The van der Waals surface area contributed by atoms with E-state index in [1.807, 2.05) is 24.3 Å². The van der Waals surface area contributed by atoms with Gasteiger partial charge in [-0.2, -0.15) is 0 Å². The minimum Gasteiger partial charge on any atom is -0.139 e. The molecule has 0 amide bonds. The summed E-state index contributed by atoms with van der Waals surface area (Å²) in [5.41, 5.74) is -1.87. The lowest BCUT2D eigenvalue weighted by atomic mass is 10.0. The van der Waals surface area contributed by atoms with Crippen molar-refractivity contribution in [3.63, 3.8) is 0 Å². The monoisotopic (exact) mass is 350 g/mol. The summed E-state index contributed by atoms with van der Waals surface area (Å²) in [5.74, 6) is 0.459. The van der Waals surface area contributed by atoms with E-state index in [9.17, 15) is 0 Å². The third-order valence-corrected chi connectivity index (χ3v) is 26.4. The SMILES string of the molecule is CC(C)c1ccc([Si](Cl)(Cl)[Si](Cl)(Cl)Cl)cc1. The van der Waals surface area contributed by atoms with Crippen molar-refractivity contribution in [1.82, 2.24) is 0 Å². The zero-order valence-corrected chi connectivity index (χ0v) is 14.6. The van der Waals surface area contributed by atoms with Gasteiger partial charge in [-0.15, -0.1) is 55.4 Å². The molecule has 0 saturated heterocycles. The first-order valence-corrected chi connectivity index (χ1v) is 14.8. The summed E-state index contributed by atoms with van der Waals surface area (Å²) in [5, 5.41) is 0.770. The van der Waals surface area contributed by atoms with Crippen LogP contribution in [0.3, 0.4) is 0 Å². The van der Waals surface area contributed by atoms with Gasteiger partial charge in [-0.25, -0.2) is 0 Å². The molecule has 1 aromatic carbocycles. The Bertz CT molecular complexity index is 355. The highest BCUT2D eigenvalue weighted by Crippen LogP contribution is 2.36. The van der Waals surface area contributed by atoms with E-state index in [4.69, 9.17) is 55.4 Å². The molecule has 0 nitrogen and oxygen atoms in total. The summed E-state index contributed by atoms with van der Waals surface area (Å²) in [6.45, 7) is 4.23. The fraction of sp³-hybridized carbons (Fsp3) is 0.333. The molecule has 0 spiro atoms. The Balaban J connectivity index is 3.07. The second kappa shape index (κ2) is 5.39. The van der Waals surface area contributed by atoms with Crippen LogP contribution in [0, 0.1) is 0 Å². The zero-order valence-electron chi connectivity index (χ0n) is 8.78. The van der Waals surface area contributed by atoms with Crippen LogP contribution in [0.5, 0.6) is 0 Å². The van der Waals surface area contributed by atoms with Gasteiger partial charge in [-0.3, -0.25) is 0 Å². The Hall–Kier alpha value is 1.10. The Kier molecular flexibility index (Phi) is 5.11. The molecular weight excluding hydrogens is 342 g/mol. The van der Waals surface area contributed by atoms with Gasteiger partial charge in [0.25, 0.3) is 0 Å². The van der Waals surface area contributed by atoms with Crippen molar-refractivity contribution < 1.29 is 0 Å². The quantitative estimate of drug-likeness (QED) is 0.548. The lowest BCUT2D eigenvalue weighted by Crippen LogP contribution is -2.53. The van der Waals surface area contributed by atoms with E-state index in [2.05, 4.69) is 13.8 Å². The molecule has 90 valence electrons. The van der Waals surface area contributed by atoms with Gasteiger partial charge in [-0.05, 0) is 16.7 Å². The molecule has 0 saturated carbocycles. The van der Waals surface area contributed by atoms with Crippen molar-refractivity contribution in [2.45, 2.75) is 19.8 Å². The molecule has 0 atom stereocenters. The predicted molar refractivity (Wildman–Crippen MR) is 80.9 cm³/mol. The Labute approximate surface area is 121 Å². The fourth-order valence-electron chi connectivity index (χ4n) is 1.24. The minimum atomic E-state index is -3.08. The maximum atomic E-state index is 6.24. The highest BCUT2D eigenvalue weighted by Gasteiger charge is 2.54. The summed E-state index contributed by atoms with van der Waals surface area (Å²) in [6.07, 6.45) is -2.96. The molecule has 0 aliphatic rings. The third-order valence-electron chi connectivity index (χ3n) is 2.30. The van der Waals surface area contributed by atoms with Crippen LogP contribution in [-0.2, 0) is 0 Å². The van der Waals surface area contributed by atoms with Crippen LogP contribution < -0.4 is 5.19 Å². The van der Waals surface area contributed by atoms with E-state index in [0.717, 1.165) is 5.19 Å². The number of benzene rings is 1. The molecule has 0 heterocycles. The van der Waals surface area contributed by atoms with E-state index < -0.39 is 11.7 Å². The lowest BCUT2D eigenvalue weighted by molar-refractivity contribution is 0.867. The van der Waals surface area contributed by atoms with Crippen LogP contribution in [0.15, 0.2) is 24.3 Å². The molecule has 0 radical (unpaired) electrons. The van der Waals surface area contributed by atoms with Crippen LogP contribution in [0.25, 0.3) is 0 Å². The summed E-state index contributed by atoms with van der Waals surface area (Å²) in [4.78, 5) is 0. The highest BCUT2D eigenvalue weighted by molar-refractivity contribution is 8.04. The van der Waals surface area contributed by atoms with Crippen molar-refractivity contribution in [3.05, 3.63) is 29.8 Å². The van der Waals surface area contributed by atoms with Gasteiger partial charge in [0.1, 0.15) is 0 Å². The normalized spacial score (nSPS) is 13.2. The molecule has 0 N–H and O–H groups in total. The Morgan fingerprint density at radius 1 is 0.875 bits per heavy atom. The molecule has 0 aliphatic heterocycles. The maximum Gasteiger partial charge on any atom is 0.363 e. The van der Waals surface area contributed by atoms with Crippen molar-refractivity contribution in [1.29, 1.82) is 0 Å². The van der Waals surface area contributed by atoms with Crippen LogP contribution in [0.1, 0.15) is 25.3 Å². The van der Waals surface area contributed by atoms with Gasteiger partial charge in [-0.1, -0.05) is 38.1 Å². The molecule has 0 fully saturated rings. The van der Waals surface area contributed by atoms with Crippen LogP contribution in [0.2, 0.25) is 0 Å². The number of hydrogen-bond donors (Lipinski definition) is 0. The average Bonchev–Trinajstić information content (AvgIpc) is 2.16. The first-order chi connectivity index (χ1) is 7.16. The van der Waals surface area contributed by atoms with E-state index in [0.29, 0.717) is 5.92 Å². The molecule has 0 unspecified atom stereocenters. The van der Waals surface area contributed by atoms with E-state index >= 15 is 0 Å². The molecule has 0 aromatic heterocycles. The van der Waals surface area contributed by atoms with Gasteiger partial charge in [0.15, 0.2) is 0 Å². The predicted octanol–water partition coefficient (Wildman–Crippen LogP) is 4.67. The standard InChI is InChI=1S/C9H11Cl5Si2/c1-7(2)8-3-5-9(6-4-8)15(10,11)16(12,13)14/h3-7H,1-2H3. The highest BCUT2D eigenvalue weighted by atomic mass is 35.9. The van der Waals surface area contributed by atoms with Gasteiger partial charge < -0.3 is 0 Å². The van der Waals surface area contributed by atoms with Gasteiger partial charge >= 0.3 is 11.7 Å². The topological polar surface area (TPSA) is 0 Å². The third kappa shape index (κ3) is 3.32. The zero-order chi connectivity index (χ0) is 12.6. The van der Waals surface area contributed by atoms with Gasteiger partial charge in [0, 0.05) is 0 Å². The maximum absolute atomic E-state index is 6.24. The Morgan fingerprint density at radius 3 is 1.62 bits per heavy atom. The largest absolute Gasteiger partial charge is 0.363 e. The number of hydrogen-bond acceptors (Lipinski definition) is 0. The van der Waals surface area contributed by atoms with Gasteiger partial charge in [0.2, 0.25) is 0 Å². The minimum absolute atomic E-state index is 0.459. The summed E-state index contributed by atoms with van der Waals surface area (Å²) in [7, 11) is 0. The first kappa shape index (κ1) is 15.2. The average molecular weight is 353 g/mol. The molecule has 1 rings (SSSR count). The molecule has 16 heavy (non-hydrogen) atoms. The smallest absolute Gasteiger partial charge is 0.139 e. The lowest BCUT2D eigenvalue weighted by Gasteiger charge is -2.23. The second-order valence-corrected chi connectivity index (χ2v) is 26.7. The van der Waals surface area contributed by atoms with Crippen molar-refractivity contribution >= 4 is 72.3 Å². The van der Waals surface area contributed by atoms with E-state index in [1.54, 1.807) is 0 Å². The number of halogens is 5. The first-order valence-electron chi connectivity index (χ1n) is 4.71. The molecule has 1 aromatic rings. The fourth-order valence-corrected chi connectivity index (χ4v) is 7.34. The number of rotatable bonds is 3. The molecular formula is C9H11Cl5Si2.